The highest BCUT2D eigenvalue weighted by molar-refractivity contribution is 5.92. The molecule has 2 heterocycles. The summed E-state index contributed by atoms with van der Waals surface area (Å²) < 4.78 is 1.94. The summed E-state index contributed by atoms with van der Waals surface area (Å²) in [6.45, 7) is 0.541. The van der Waals surface area contributed by atoms with E-state index in [1.54, 1.807) is 18.5 Å². The Morgan fingerprint density at radius 1 is 1.37 bits per heavy atom. The van der Waals surface area contributed by atoms with Gasteiger partial charge in [0.1, 0.15) is 11.5 Å². The first-order chi connectivity index (χ1) is 9.20. The van der Waals surface area contributed by atoms with Crippen LogP contribution >= 0.6 is 0 Å². The molecule has 0 bridgehead atoms. The maximum absolute atomic E-state index is 11.8. The Balaban J connectivity index is 1.85. The summed E-state index contributed by atoms with van der Waals surface area (Å²) in [4.78, 5) is 20.1. The van der Waals surface area contributed by atoms with Crippen molar-refractivity contribution in [2.45, 2.75) is 6.42 Å². The molecule has 0 fully saturated rings. The van der Waals surface area contributed by atoms with Gasteiger partial charge in [-0.1, -0.05) is 0 Å². The van der Waals surface area contributed by atoms with Gasteiger partial charge in [-0.05, 0) is 12.1 Å². The van der Waals surface area contributed by atoms with E-state index in [4.69, 9.17) is 0 Å². The van der Waals surface area contributed by atoms with E-state index in [2.05, 4.69) is 20.6 Å². The van der Waals surface area contributed by atoms with Gasteiger partial charge in [0.25, 0.3) is 5.91 Å². The molecule has 100 valence electrons. The minimum Gasteiger partial charge on any atom is -0.387 e. The first kappa shape index (κ1) is 13.1. The standard InChI is InChI=1S/C13H17N5O/c1-14-10-3-4-11(17-9-10)13(19)16-6-5-12-15-7-8-18(12)2/h3-4,7-9,14H,5-6H2,1-2H3,(H,16,19). The number of carbonyl (C=O) groups is 1. The van der Waals surface area contributed by atoms with Crippen molar-refractivity contribution in [2.75, 3.05) is 18.9 Å². The highest BCUT2D eigenvalue weighted by Crippen LogP contribution is 2.04. The summed E-state index contributed by atoms with van der Waals surface area (Å²) in [5.41, 5.74) is 1.29. The molecule has 2 aromatic heterocycles. The molecule has 0 unspecified atom stereocenters. The molecule has 1 amide bonds. The molecule has 2 rings (SSSR count). The Morgan fingerprint density at radius 3 is 2.79 bits per heavy atom. The van der Waals surface area contributed by atoms with Crippen LogP contribution in [0.2, 0.25) is 0 Å². The van der Waals surface area contributed by atoms with Crippen molar-refractivity contribution >= 4 is 11.6 Å². The number of aromatic nitrogens is 3. The molecular weight excluding hydrogens is 242 g/mol. The van der Waals surface area contributed by atoms with Gasteiger partial charge in [-0.25, -0.2) is 9.97 Å². The maximum Gasteiger partial charge on any atom is 0.269 e. The molecule has 6 nitrogen and oxygen atoms in total. The van der Waals surface area contributed by atoms with Gasteiger partial charge >= 0.3 is 0 Å². The Labute approximate surface area is 111 Å². The minimum atomic E-state index is -0.170. The highest BCUT2D eigenvalue weighted by atomic mass is 16.1. The summed E-state index contributed by atoms with van der Waals surface area (Å²) in [5, 5.41) is 5.78. The minimum absolute atomic E-state index is 0.170. The van der Waals surface area contributed by atoms with Gasteiger partial charge in [0.15, 0.2) is 0 Å². The SMILES string of the molecule is CNc1ccc(C(=O)NCCc2nccn2C)nc1. The average Bonchev–Trinajstić information content (AvgIpc) is 2.84. The number of hydrogen-bond donors (Lipinski definition) is 2. The van der Waals surface area contributed by atoms with Crippen LogP contribution in [0.15, 0.2) is 30.7 Å². The number of imidazole rings is 1. The van der Waals surface area contributed by atoms with Gasteiger partial charge in [0.2, 0.25) is 0 Å². The maximum atomic E-state index is 11.8. The number of aryl methyl sites for hydroxylation is 1. The van der Waals surface area contributed by atoms with E-state index in [9.17, 15) is 4.79 Å². The topological polar surface area (TPSA) is 71.8 Å². The number of hydrogen-bond acceptors (Lipinski definition) is 4. The average molecular weight is 259 g/mol. The van der Waals surface area contributed by atoms with Gasteiger partial charge in [-0.2, -0.15) is 0 Å². The van der Waals surface area contributed by atoms with Gasteiger partial charge in [-0.15, -0.1) is 0 Å². The summed E-state index contributed by atoms with van der Waals surface area (Å²) in [7, 11) is 3.74. The van der Waals surface area contributed by atoms with Gasteiger partial charge in [-0.3, -0.25) is 4.79 Å². The highest BCUT2D eigenvalue weighted by Gasteiger charge is 2.07. The molecule has 0 atom stereocenters. The Morgan fingerprint density at radius 2 is 2.21 bits per heavy atom. The second-order valence-electron chi connectivity index (χ2n) is 4.14. The molecule has 0 radical (unpaired) electrons. The lowest BCUT2D eigenvalue weighted by molar-refractivity contribution is 0.0949. The lowest BCUT2D eigenvalue weighted by atomic mass is 10.3. The molecule has 0 aliphatic carbocycles. The third-order valence-corrected chi connectivity index (χ3v) is 2.84. The third kappa shape index (κ3) is 3.31. The van der Waals surface area contributed by atoms with Crippen LogP contribution < -0.4 is 10.6 Å². The molecule has 0 saturated carbocycles. The van der Waals surface area contributed by atoms with E-state index in [0.29, 0.717) is 18.7 Å². The van der Waals surface area contributed by atoms with E-state index >= 15 is 0 Å². The fraction of sp³-hybridized carbons (Fsp3) is 0.308. The van der Waals surface area contributed by atoms with Crippen molar-refractivity contribution in [1.82, 2.24) is 19.9 Å². The first-order valence-corrected chi connectivity index (χ1v) is 6.09. The van der Waals surface area contributed by atoms with Crippen LogP contribution in [0, 0.1) is 0 Å². The molecule has 0 aliphatic heterocycles. The molecule has 2 aromatic rings. The number of rotatable bonds is 5. The number of amides is 1. The number of nitrogens with zero attached hydrogens (tertiary/aromatic N) is 3. The zero-order chi connectivity index (χ0) is 13.7. The number of pyridine rings is 1. The smallest absolute Gasteiger partial charge is 0.269 e. The van der Waals surface area contributed by atoms with Crippen LogP contribution in [-0.4, -0.2) is 34.0 Å². The van der Waals surface area contributed by atoms with Gasteiger partial charge < -0.3 is 15.2 Å². The number of anilines is 1. The molecule has 0 aromatic carbocycles. The largest absolute Gasteiger partial charge is 0.387 e. The summed E-state index contributed by atoms with van der Waals surface area (Å²) in [6.07, 6.45) is 5.96. The van der Waals surface area contributed by atoms with E-state index in [0.717, 1.165) is 11.5 Å². The Kier molecular flexibility index (Phi) is 4.12. The summed E-state index contributed by atoms with van der Waals surface area (Å²) in [5.74, 6) is 0.774. The summed E-state index contributed by atoms with van der Waals surface area (Å²) >= 11 is 0. The zero-order valence-electron chi connectivity index (χ0n) is 11.1. The predicted octanol–water partition coefficient (Wildman–Crippen LogP) is 0.829. The number of nitrogens with one attached hydrogen (secondary N) is 2. The first-order valence-electron chi connectivity index (χ1n) is 6.09. The van der Waals surface area contributed by atoms with E-state index in [1.165, 1.54) is 0 Å². The van der Waals surface area contributed by atoms with Crippen molar-refractivity contribution in [2.24, 2.45) is 7.05 Å². The normalized spacial score (nSPS) is 10.2. The van der Waals surface area contributed by atoms with Crippen molar-refractivity contribution in [3.05, 3.63) is 42.2 Å². The number of carbonyl (C=O) groups excluding carboxylic acids is 1. The van der Waals surface area contributed by atoms with Crippen molar-refractivity contribution in [1.29, 1.82) is 0 Å². The predicted molar refractivity (Wildman–Crippen MR) is 73.0 cm³/mol. The van der Waals surface area contributed by atoms with Crippen LogP contribution in [0.1, 0.15) is 16.3 Å². The van der Waals surface area contributed by atoms with Crippen molar-refractivity contribution in [3.8, 4) is 0 Å². The molecular formula is C13H17N5O. The lowest BCUT2D eigenvalue weighted by Gasteiger charge is -2.05. The quantitative estimate of drug-likeness (QED) is 0.834. The van der Waals surface area contributed by atoms with Crippen LogP contribution in [0.25, 0.3) is 0 Å². The molecule has 0 saturated heterocycles. The molecule has 6 heteroatoms. The third-order valence-electron chi connectivity index (χ3n) is 2.84. The molecule has 19 heavy (non-hydrogen) atoms. The molecule has 0 aliphatic rings. The van der Waals surface area contributed by atoms with Crippen molar-refractivity contribution < 1.29 is 4.79 Å². The monoisotopic (exact) mass is 259 g/mol. The van der Waals surface area contributed by atoms with Crippen LogP contribution in [0.4, 0.5) is 5.69 Å². The van der Waals surface area contributed by atoms with Gasteiger partial charge in [0.05, 0.1) is 11.9 Å². The van der Waals surface area contributed by atoms with E-state index < -0.39 is 0 Å². The van der Waals surface area contributed by atoms with E-state index in [-0.39, 0.29) is 5.91 Å². The Hall–Kier alpha value is -2.37. The van der Waals surface area contributed by atoms with Crippen LogP contribution in [0.3, 0.4) is 0 Å². The Bertz CT molecular complexity index is 546. The molecule has 0 spiro atoms. The van der Waals surface area contributed by atoms with Gasteiger partial charge in [0, 0.05) is 39.5 Å². The lowest BCUT2D eigenvalue weighted by Crippen LogP contribution is -2.27. The molecule has 2 N–H and O–H groups in total. The van der Waals surface area contributed by atoms with E-state index in [1.807, 2.05) is 30.9 Å². The van der Waals surface area contributed by atoms with Crippen molar-refractivity contribution in [3.63, 3.8) is 0 Å². The van der Waals surface area contributed by atoms with Crippen LogP contribution in [0.5, 0.6) is 0 Å². The summed E-state index contributed by atoms with van der Waals surface area (Å²) in [6, 6.07) is 3.52. The van der Waals surface area contributed by atoms with Crippen LogP contribution in [-0.2, 0) is 13.5 Å². The second kappa shape index (κ2) is 5.99. The fourth-order valence-electron chi connectivity index (χ4n) is 1.69. The fourth-order valence-corrected chi connectivity index (χ4v) is 1.69. The second-order valence-corrected chi connectivity index (χ2v) is 4.14. The zero-order valence-corrected chi connectivity index (χ0v) is 11.1.